The maximum Gasteiger partial charge on any atom is 0.308 e. The van der Waals surface area contributed by atoms with Gasteiger partial charge in [-0.2, -0.15) is 0 Å². The van der Waals surface area contributed by atoms with E-state index >= 15 is 0 Å². The molecule has 0 unspecified atom stereocenters. The molecule has 0 bridgehead atoms. The highest BCUT2D eigenvalue weighted by Crippen LogP contribution is 2.30. The van der Waals surface area contributed by atoms with E-state index in [0.29, 0.717) is 5.75 Å². The first kappa shape index (κ1) is 15.0. The summed E-state index contributed by atoms with van der Waals surface area (Å²) in [6.07, 6.45) is 0.00303. The lowest BCUT2D eigenvalue weighted by Gasteiger charge is -2.03. The molecule has 20 heavy (non-hydrogen) atoms. The molecule has 0 saturated heterocycles. The molecule has 0 radical (unpaired) electrons. The molecular formula is C14H14FNO2S2. The Hall–Kier alpha value is -1.40. The summed E-state index contributed by atoms with van der Waals surface area (Å²) < 4.78 is 14.0. The van der Waals surface area contributed by atoms with E-state index in [4.69, 9.17) is 5.11 Å². The molecule has 2 aromatic rings. The van der Waals surface area contributed by atoms with Crippen molar-refractivity contribution in [3.8, 4) is 0 Å². The zero-order valence-corrected chi connectivity index (χ0v) is 12.8. The third-order valence-corrected chi connectivity index (χ3v) is 5.20. The second kappa shape index (κ2) is 6.37. The number of aliphatic carboxylic acids is 1. The van der Waals surface area contributed by atoms with Crippen molar-refractivity contribution >= 4 is 29.1 Å². The van der Waals surface area contributed by atoms with E-state index in [1.54, 1.807) is 6.07 Å². The first-order chi connectivity index (χ1) is 9.45. The van der Waals surface area contributed by atoms with Gasteiger partial charge in [0.05, 0.1) is 12.1 Å². The summed E-state index contributed by atoms with van der Waals surface area (Å²) in [7, 11) is 0. The largest absolute Gasteiger partial charge is 0.481 e. The molecule has 3 nitrogen and oxygen atoms in total. The van der Waals surface area contributed by atoms with Crippen LogP contribution in [-0.2, 0) is 17.0 Å². The van der Waals surface area contributed by atoms with Crippen LogP contribution in [-0.4, -0.2) is 16.1 Å². The van der Waals surface area contributed by atoms with Crippen LogP contribution in [0.1, 0.15) is 21.7 Å². The van der Waals surface area contributed by atoms with E-state index in [-0.39, 0.29) is 12.2 Å². The third-order valence-electron chi connectivity index (χ3n) is 2.85. The molecule has 1 aromatic heterocycles. The number of carbonyl (C=O) groups is 1. The quantitative estimate of drug-likeness (QED) is 0.853. The monoisotopic (exact) mass is 311 g/mol. The van der Waals surface area contributed by atoms with Crippen LogP contribution in [0.15, 0.2) is 22.5 Å². The minimum Gasteiger partial charge on any atom is -0.481 e. The number of rotatable bonds is 5. The summed E-state index contributed by atoms with van der Waals surface area (Å²) in [5.74, 6) is -0.467. The second-order valence-corrected chi connectivity index (χ2v) is 6.72. The van der Waals surface area contributed by atoms with Crippen molar-refractivity contribution in [2.24, 2.45) is 0 Å². The Morgan fingerprint density at radius 1 is 1.45 bits per heavy atom. The van der Waals surface area contributed by atoms with Crippen molar-refractivity contribution in [3.05, 3.63) is 45.7 Å². The van der Waals surface area contributed by atoms with Crippen LogP contribution in [0.3, 0.4) is 0 Å². The van der Waals surface area contributed by atoms with Gasteiger partial charge in [-0.05, 0) is 37.1 Å². The van der Waals surface area contributed by atoms with Gasteiger partial charge in [0.2, 0.25) is 0 Å². The molecule has 0 amide bonds. The van der Waals surface area contributed by atoms with E-state index in [1.165, 1.54) is 35.2 Å². The summed E-state index contributed by atoms with van der Waals surface area (Å²) in [5, 5.41) is 8.81. The standard InChI is InChI=1S/C14H14FNO2S2/c1-8-3-4-11(15)5-10(8)7-19-14-16-9(2)12(20-14)6-13(17)18/h3-5H,6-7H2,1-2H3,(H,17,18). The van der Waals surface area contributed by atoms with Crippen molar-refractivity contribution in [2.75, 3.05) is 0 Å². The Balaban J connectivity index is 2.07. The summed E-state index contributed by atoms with van der Waals surface area (Å²) in [4.78, 5) is 15.9. The Labute approximate surface area is 124 Å². The van der Waals surface area contributed by atoms with Gasteiger partial charge in [-0.1, -0.05) is 17.8 Å². The molecule has 0 aliphatic rings. The van der Waals surface area contributed by atoms with E-state index in [2.05, 4.69) is 4.98 Å². The SMILES string of the molecule is Cc1ccc(F)cc1CSc1nc(C)c(CC(=O)O)s1. The van der Waals surface area contributed by atoms with Gasteiger partial charge in [0.25, 0.3) is 0 Å². The Morgan fingerprint density at radius 2 is 2.20 bits per heavy atom. The predicted molar refractivity (Wildman–Crippen MR) is 78.9 cm³/mol. The lowest BCUT2D eigenvalue weighted by Crippen LogP contribution is -1.99. The van der Waals surface area contributed by atoms with Crippen molar-refractivity contribution in [1.29, 1.82) is 0 Å². The average molecular weight is 311 g/mol. The summed E-state index contributed by atoms with van der Waals surface area (Å²) in [6, 6.07) is 4.73. The highest BCUT2D eigenvalue weighted by atomic mass is 32.2. The van der Waals surface area contributed by atoms with E-state index in [0.717, 1.165) is 26.0 Å². The number of hydrogen-bond acceptors (Lipinski definition) is 4. The first-order valence-corrected chi connectivity index (χ1v) is 7.82. The molecule has 106 valence electrons. The summed E-state index contributed by atoms with van der Waals surface area (Å²) in [6.45, 7) is 3.75. The van der Waals surface area contributed by atoms with Crippen LogP contribution < -0.4 is 0 Å². The van der Waals surface area contributed by atoms with Crippen molar-refractivity contribution in [3.63, 3.8) is 0 Å². The molecule has 0 aliphatic carbocycles. The third kappa shape index (κ3) is 3.80. The van der Waals surface area contributed by atoms with Crippen LogP contribution in [0.25, 0.3) is 0 Å². The second-order valence-electron chi connectivity index (χ2n) is 4.42. The Kier molecular flexibility index (Phi) is 4.77. The molecule has 0 saturated carbocycles. The molecule has 0 atom stereocenters. The van der Waals surface area contributed by atoms with Crippen LogP contribution in [0, 0.1) is 19.7 Å². The zero-order chi connectivity index (χ0) is 14.7. The van der Waals surface area contributed by atoms with Crippen molar-refractivity contribution < 1.29 is 14.3 Å². The fourth-order valence-electron chi connectivity index (χ4n) is 1.70. The molecule has 0 aliphatic heterocycles. The summed E-state index contributed by atoms with van der Waals surface area (Å²) in [5.41, 5.74) is 2.73. The van der Waals surface area contributed by atoms with Gasteiger partial charge in [0.1, 0.15) is 5.82 Å². The number of halogens is 1. The molecule has 2 rings (SSSR count). The van der Waals surface area contributed by atoms with Gasteiger partial charge in [-0.3, -0.25) is 4.79 Å². The van der Waals surface area contributed by atoms with Crippen LogP contribution >= 0.6 is 23.1 Å². The van der Waals surface area contributed by atoms with Gasteiger partial charge in [0.15, 0.2) is 4.34 Å². The van der Waals surface area contributed by atoms with Crippen LogP contribution in [0.4, 0.5) is 4.39 Å². The Morgan fingerprint density at radius 3 is 2.90 bits per heavy atom. The van der Waals surface area contributed by atoms with Gasteiger partial charge in [0, 0.05) is 10.6 Å². The fraction of sp³-hybridized carbons (Fsp3) is 0.286. The van der Waals surface area contributed by atoms with Crippen LogP contribution in [0.5, 0.6) is 0 Å². The normalized spacial score (nSPS) is 10.8. The molecule has 6 heteroatoms. The summed E-state index contributed by atoms with van der Waals surface area (Å²) >= 11 is 2.90. The van der Waals surface area contributed by atoms with Crippen molar-refractivity contribution in [2.45, 2.75) is 30.4 Å². The first-order valence-electron chi connectivity index (χ1n) is 6.01. The molecule has 1 N–H and O–H groups in total. The van der Waals surface area contributed by atoms with Gasteiger partial charge in [-0.25, -0.2) is 9.37 Å². The zero-order valence-electron chi connectivity index (χ0n) is 11.1. The van der Waals surface area contributed by atoms with Gasteiger partial charge < -0.3 is 5.11 Å². The number of thioether (sulfide) groups is 1. The van der Waals surface area contributed by atoms with Gasteiger partial charge >= 0.3 is 5.97 Å². The lowest BCUT2D eigenvalue weighted by atomic mass is 10.1. The number of thiazole rings is 1. The lowest BCUT2D eigenvalue weighted by molar-refractivity contribution is -0.136. The minimum absolute atomic E-state index is 0.00303. The maximum absolute atomic E-state index is 13.2. The molecule has 0 fully saturated rings. The fourth-order valence-corrected chi connectivity index (χ4v) is 3.99. The van der Waals surface area contributed by atoms with E-state index in [1.807, 2.05) is 13.8 Å². The van der Waals surface area contributed by atoms with Gasteiger partial charge in [-0.15, -0.1) is 11.3 Å². The number of aromatic nitrogens is 1. The number of nitrogens with zero attached hydrogens (tertiary/aromatic N) is 1. The molecular weight excluding hydrogens is 297 g/mol. The smallest absolute Gasteiger partial charge is 0.308 e. The molecule has 1 aromatic carbocycles. The number of carboxylic acids is 1. The Bertz CT molecular complexity index is 640. The van der Waals surface area contributed by atoms with Crippen molar-refractivity contribution in [1.82, 2.24) is 4.98 Å². The highest BCUT2D eigenvalue weighted by Gasteiger charge is 2.12. The number of benzene rings is 1. The molecule has 0 spiro atoms. The highest BCUT2D eigenvalue weighted by molar-refractivity contribution is 8.00. The van der Waals surface area contributed by atoms with E-state index in [9.17, 15) is 9.18 Å². The number of aryl methyl sites for hydroxylation is 2. The predicted octanol–water partition coefficient (Wildman–Crippen LogP) is 3.82. The average Bonchev–Trinajstić information content (AvgIpc) is 2.70. The minimum atomic E-state index is -0.853. The number of carboxylic acid groups (broad SMARTS) is 1. The van der Waals surface area contributed by atoms with E-state index < -0.39 is 5.97 Å². The van der Waals surface area contributed by atoms with Crippen LogP contribution in [0.2, 0.25) is 0 Å². The maximum atomic E-state index is 13.2. The topological polar surface area (TPSA) is 50.2 Å². The number of hydrogen-bond donors (Lipinski definition) is 1. The molecule has 1 heterocycles.